The number of fused-ring (bicyclic) bond motifs is 1. The number of rotatable bonds is 3. The van der Waals surface area contributed by atoms with Gasteiger partial charge in [0, 0.05) is 5.02 Å². The number of anilines is 1. The first-order chi connectivity index (χ1) is 13.8. The van der Waals surface area contributed by atoms with Crippen LogP contribution in [0.25, 0.3) is 0 Å². The van der Waals surface area contributed by atoms with Crippen molar-refractivity contribution in [2.75, 3.05) is 12.0 Å². The molecule has 2 amide bonds. The zero-order valence-corrected chi connectivity index (χ0v) is 16.8. The van der Waals surface area contributed by atoms with Crippen molar-refractivity contribution in [3.8, 4) is 0 Å². The molecule has 0 aromatic heterocycles. The highest BCUT2D eigenvalue weighted by molar-refractivity contribution is 6.47. The lowest BCUT2D eigenvalue weighted by Gasteiger charge is -2.26. The molecule has 1 saturated heterocycles. The summed E-state index contributed by atoms with van der Waals surface area (Å²) in [5, 5.41) is 4.50. The average Bonchev–Trinajstić information content (AvgIpc) is 3.19. The molecule has 0 spiro atoms. The third kappa shape index (κ3) is 2.65. The van der Waals surface area contributed by atoms with E-state index in [2.05, 4.69) is 10.5 Å². The van der Waals surface area contributed by atoms with Crippen molar-refractivity contribution in [3.05, 3.63) is 64.2 Å². The van der Waals surface area contributed by atoms with Gasteiger partial charge in [0.15, 0.2) is 11.3 Å². The van der Waals surface area contributed by atoms with Gasteiger partial charge in [-0.05, 0) is 43.2 Å². The highest BCUT2D eigenvalue weighted by Crippen LogP contribution is 2.45. The molecule has 2 aliphatic rings. The number of carbonyl (C=O) groups excluding carboxylic acids is 3. The van der Waals surface area contributed by atoms with Crippen LogP contribution in [0.2, 0.25) is 5.02 Å². The minimum atomic E-state index is -1.54. The first kappa shape index (κ1) is 19.1. The van der Waals surface area contributed by atoms with E-state index in [0.717, 1.165) is 16.0 Å². The fourth-order valence-corrected chi connectivity index (χ4v) is 4.11. The van der Waals surface area contributed by atoms with Gasteiger partial charge in [-0.25, -0.2) is 9.69 Å². The van der Waals surface area contributed by atoms with Gasteiger partial charge in [0.2, 0.25) is 5.91 Å². The summed E-state index contributed by atoms with van der Waals surface area (Å²) < 4.78 is 4.79. The highest BCUT2D eigenvalue weighted by Gasteiger charge is 2.67. The second-order valence-electron chi connectivity index (χ2n) is 7.12. The van der Waals surface area contributed by atoms with Crippen LogP contribution >= 0.6 is 11.6 Å². The summed E-state index contributed by atoms with van der Waals surface area (Å²) in [7, 11) is 1.20. The molecule has 2 atom stereocenters. The highest BCUT2D eigenvalue weighted by atomic mass is 35.5. The SMILES string of the molecule is COC(=O)C1=NN[C@@]2(c3ccc(Cl)cc3)C(=O)N(c3ccc(C)cc3C)C(=O)[C@H]12. The monoisotopic (exact) mass is 411 g/mol. The molecule has 29 heavy (non-hydrogen) atoms. The van der Waals surface area contributed by atoms with Crippen molar-refractivity contribution in [3.63, 3.8) is 0 Å². The predicted molar refractivity (Wildman–Crippen MR) is 108 cm³/mol. The topological polar surface area (TPSA) is 88.1 Å². The van der Waals surface area contributed by atoms with Crippen LogP contribution in [-0.4, -0.2) is 30.6 Å². The number of benzene rings is 2. The first-order valence-corrected chi connectivity index (χ1v) is 9.34. The van der Waals surface area contributed by atoms with E-state index >= 15 is 0 Å². The van der Waals surface area contributed by atoms with E-state index in [9.17, 15) is 14.4 Å². The molecule has 148 valence electrons. The quantitative estimate of drug-likeness (QED) is 0.619. The first-order valence-electron chi connectivity index (χ1n) is 8.96. The van der Waals surface area contributed by atoms with E-state index in [0.29, 0.717) is 16.3 Å². The smallest absolute Gasteiger partial charge is 0.355 e. The molecule has 2 heterocycles. The molecule has 0 bridgehead atoms. The Morgan fingerprint density at radius 3 is 2.48 bits per heavy atom. The third-order valence-electron chi connectivity index (χ3n) is 5.35. The number of carbonyl (C=O) groups is 3. The lowest BCUT2D eigenvalue weighted by Crippen LogP contribution is -2.48. The van der Waals surface area contributed by atoms with Gasteiger partial charge in [-0.2, -0.15) is 5.10 Å². The molecule has 4 rings (SSSR count). The summed E-state index contributed by atoms with van der Waals surface area (Å²) in [6, 6.07) is 12.0. The Morgan fingerprint density at radius 2 is 1.86 bits per heavy atom. The Kier molecular flexibility index (Phi) is 4.42. The van der Waals surface area contributed by atoms with Crippen LogP contribution in [0.1, 0.15) is 16.7 Å². The summed E-state index contributed by atoms with van der Waals surface area (Å²) in [4.78, 5) is 40.6. The van der Waals surface area contributed by atoms with Crippen LogP contribution < -0.4 is 10.3 Å². The number of hydrogen-bond acceptors (Lipinski definition) is 6. The van der Waals surface area contributed by atoms with Crippen LogP contribution in [0, 0.1) is 19.8 Å². The van der Waals surface area contributed by atoms with E-state index in [1.807, 2.05) is 26.0 Å². The normalized spacial score (nSPS) is 23.0. The molecule has 0 aliphatic carbocycles. The number of ether oxygens (including phenoxy) is 1. The summed E-state index contributed by atoms with van der Waals surface area (Å²) >= 11 is 6.00. The number of amides is 2. The molecule has 8 heteroatoms. The van der Waals surface area contributed by atoms with E-state index in [1.54, 1.807) is 30.3 Å². The van der Waals surface area contributed by atoms with Gasteiger partial charge in [0.25, 0.3) is 5.91 Å². The number of nitrogens with zero attached hydrogens (tertiary/aromatic N) is 2. The van der Waals surface area contributed by atoms with Crippen LogP contribution in [0.3, 0.4) is 0 Å². The number of imide groups is 1. The number of hydrogen-bond donors (Lipinski definition) is 1. The van der Waals surface area contributed by atoms with E-state index in [1.165, 1.54) is 7.11 Å². The van der Waals surface area contributed by atoms with Gasteiger partial charge in [-0.1, -0.05) is 41.4 Å². The summed E-state index contributed by atoms with van der Waals surface area (Å²) in [6.45, 7) is 3.76. The summed E-state index contributed by atoms with van der Waals surface area (Å²) in [5.74, 6) is -2.96. The van der Waals surface area contributed by atoms with Crippen molar-refractivity contribution in [1.29, 1.82) is 0 Å². The van der Waals surface area contributed by atoms with Crippen molar-refractivity contribution >= 4 is 40.8 Å². The average molecular weight is 412 g/mol. The molecule has 0 unspecified atom stereocenters. The molecule has 0 radical (unpaired) electrons. The zero-order chi connectivity index (χ0) is 20.9. The number of hydrazone groups is 1. The Bertz CT molecular complexity index is 1080. The third-order valence-corrected chi connectivity index (χ3v) is 5.61. The Hall–Kier alpha value is -3.19. The van der Waals surface area contributed by atoms with Gasteiger partial charge in [-0.15, -0.1) is 0 Å². The van der Waals surface area contributed by atoms with Gasteiger partial charge in [0.05, 0.1) is 12.8 Å². The Balaban J connectivity index is 1.91. The number of nitrogens with one attached hydrogen (secondary N) is 1. The Labute approximate surface area is 172 Å². The molecule has 7 nitrogen and oxygen atoms in total. The van der Waals surface area contributed by atoms with Crippen molar-refractivity contribution < 1.29 is 19.1 Å². The number of aryl methyl sites for hydroxylation is 2. The number of methoxy groups -OCH3 is 1. The summed E-state index contributed by atoms with van der Waals surface area (Å²) in [6.07, 6.45) is 0. The minimum absolute atomic E-state index is 0.131. The fourth-order valence-electron chi connectivity index (χ4n) is 3.98. The molecule has 2 aromatic rings. The van der Waals surface area contributed by atoms with Crippen molar-refractivity contribution in [2.24, 2.45) is 11.0 Å². The van der Waals surface area contributed by atoms with Gasteiger partial charge < -0.3 is 4.74 Å². The van der Waals surface area contributed by atoms with Crippen LogP contribution in [0.15, 0.2) is 47.6 Å². The summed E-state index contributed by atoms with van der Waals surface area (Å²) in [5.41, 5.74) is 3.84. The number of esters is 1. The fraction of sp³-hybridized carbons (Fsp3) is 0.238. The minimum Gasteiger partial charge on any atom is -0.464 e. The van der Waals surface area contributed by atoms with Crippen LogP contribution in [0.4, 0.5) is 5.69 Å². The lowest BCUT2D eigenvalue weighted by molar-refractivity contribution is -0.133. The van der Waals surface area contributed by atoms with Crippen LogP contribution in [0.5, 0.6) is 0 Å². The largest absolute Gasteiger partial charge is 0.464 e. The number of halogens is 1. The van der Waals surface area contributed by atoms with E-state index in [4.69, 9.17) is 16.3 Å². The maximum absolute atomic E-state index is 13.7. The molecule has 1 fully saturated rings. The standard InChI is InChI=1S/C21H18ClN3O4/c1-11-4-9-15(12(2)10-11)25-18(26)16-17(19(27)29-3)23-24-21(16,20(25)28)13-5-7-14(22)8-6-13/h4-10,16,24H,1-3H3/t16-,21+/m0/s1. The second kappa shape index (κ2) is 6.70. The lowest BCUT2D eigenvalue weighted by atomic mass is 9.79. The van der Waals surface area contributed by atoms with Gasteiger partial charge in [0.1, 0.15) is 5.92 Å². The molecule has 2 aromatic carbocycles. The predicted octanol–water partition coefficient (Wildman–Crippen LogP) is 2.47. The molecule has 2 aliphatic heterocycles. The van der Waals surface area contributed by atoms with E-state index in [-0.39, 0.29) is 5.71 Å². The molecule has 1 N–H and O–H groups in total. The Morgan fingerprint density at radius 1 is 1.17 bits per heavy atom. The molecule has 0 saturated carbocycles. The van der Waals surface area contributed by atoms with Crippen molar-refractivity contribution in [1.82, 2.24) is 5.43 Å². The van der Waals surface area contributed by atoms with E-state index < -0.39 is 29.2 Å². The maximum atomic E-state index is 13.7. The van der Waals surface area contributed by atoms with Gasteiger partial charge >= 0.3 is 5.97 Å². The zero-order valence-electron chi connectivity index (χ0n) is 16.0. The molecular weight excluding hydrogens is 394 g/mol. The van der Waals surface area contributed by atoms with Gasteiger partial charge in [-0.3, -0.25) is 15.0 Å². The molecular formula is C21H18ClN3O4. The van der Waals surface area contributed by atoms with Crippen LogP contribution in [-0.2, 0) is 24.7 Å². The maximum Gasteiger partial charge on any atom is 0.355 e. The van der Waals surface area contributed by atoms with Crippen molar-refractivity contribution in [2.45, 2.75) is 19.4 Å². The second-order valence-corrected chi connectivity index (χ2v) is 7.55.